The van der Waals surface area contributed by atoms with Gasteiger partial charge in [-0.3, -0.25) is 4.90 Å². The summed E-state index contributed by atoms with van der Waals surface area (Å²) in [4.78, 5) is 2.72. The molecule has 2 atom stereocenters. The van der Waals surface area contributed by atoms with E-state index >= 15 is 0 Å². The van der Waals surface area contributed by atoms with E-state index < -0.39 is 0 Å². The van der Waals surface area contributed by atoms with Gasteiger partial charge in [-0.1, -0.05) is 34.1 Å². The maximum Gasteiger partial charge on any atom is 0.0194 e. The van der Waals surface area contributed by atoms with Crippen molar-refractivity contribution < 1.29 is 0 Å². The van der Waals surface area contributed by atoms with Gasteiger partial charge in [-0.15, -0.1) is 0 Å². The molecular weight excluding hydrogens is 196 g/mol. The number of nitrogens with one attached hydrogen (secondary N) is 1. The average molecular weight is 226 g/mol. The second-order valence-electron chi connectivity index (χ2n) is 5.49. The third kappa shape index (κ3) is 4.06. The van der Waals surface area contributed by atoms with Gasteiger partial charge in [0.05, 0.1) is 0 Å². The standard InChI is InChI=1S/C14H30N2/c1-5-8-13(15-6-2)11-16-10-7-9-14(16)12(3)4/h12-15H,5-11H2,1-4H3. The zero-order valence-corrected chi connectivity index (χ0v) is 11.6. The van der Waals surface area contributed by atoms with Crippen LogP contribution < -0.4 is 5.32 Å². The van der Waals surface area contributed by atoms with Gasteiger partial charge in [0.15, 0.2) is 0 Å². The highest BCUT2D eigenvalue weighted by Gasteiger charge is 2.28. The third-order valence-corrected chi connectivity index (χ3v) is 3.77. The zero-order valence-electron chi connectivity index (χ0n) is 11.6. The predicted molar refractivity (Wildman–Crippen MR) is 71.8 cm³/mol. The second kappa shape index (κ2) is 7.29. The SMILES string of the molecule is CCCC(CN1CCCC1C(C)C)NCC. The van der Waals surface area contributed by atoms with Crippen LogP contribution in [0.4, 0.5) is 0 Å². The summed E-state index contributed by atoms with van der Waals surface area (Å²) in [6.45, 7) is 12.9. The lowest BCUT2D eigenvalue weighted by Crippen LogP contribution is -2.44. The summed E-state index contributed by atoms with van der Waals surface area (Å²) in [5.74, 6) is 0.811. The first kappa shape index (κ1) is 14.0. The Kier molecular flexibility index (Phi) is 6.37. The molecule has 0 bridgehead atoms. The van der Waals surface area contributed by atoms with Crippen molar-refractivity contribution in [2.24, 2.45) is 5.92 Å². The minimum atomic E-state index is 0.703. The molecule has 1 saturated heterocycles. The zero-order chi connectivity index (χ0) is 12.0. The van der Waals surface area contributed by atoms with Crippen LogP contribution in [0.2, 0.25) is 0 Å². The van der Waals surface area contributed by atoms with Gasteiger partial charge in [0, 0.05) is 18.6 Å². The first-order valence-electron chi connectivity index (χ1n) is 7.16. The van der Waals surface area contributed by atoms with Gasteiger partial charge in [-0.25, -0.2) is 0 Å². The van der Waals surface area contributed by atoms with Gasteiger partial charge in [-0.05, 0) is 38.3 Å². The summed E-state index contributed by atoms with van der Waals surface area (Å²) in [7, 11) is 0. The van der Waals surface area contributed by atoms with E-state index in [-0.39, 0.29) is 0 Å². The van der Waals surface area contributed by atoms with Crippen LogP contribution in [0, 0.1) is 5.92 Å². The Hall–Kier alpha value is -0.0800. The van der Waals surface area contributed by atoms with Gasteiger partial charge in [-0.2, -0.15) is 0 Å². The Bertz CT molecular complexity index is 174. The Morgan fingerprint density at radius 3 is 2.62 bits per heavy atom. The maximum absolute atomic E-state index is 3.63. The number of hydrogen-bond acceptors (Lipinski definition) is 2. The van der Waals surface area contributed by atoms with Gasteiger partial charge in [0.1, 0.15) is 0 Å². The molecule has 2 unspecified atom stereocenters. The Morgan fingerprint density at radius 2 is 2.06 bits per heavy atom. The fourth-order valence-corrected chi connectivity index (χ4v) is 3.01. The summed E-state index contributed by atoms with van der Waals surface area (Å²) in [5, 5.41) is 3.63. The molecule has 96 valence electrons. The number of hydrogen-bond donors (Lipinski definition) is 1. The molecule has 0 saturated carbocycles. The summed E-state index contributed by atoms with van der Waals surface area (Å²) in [6.07, 6.45) is 5.41. The van der Waals surface area contributed by atoms with E-state index in [1.54, 1.807) is 0 Å². The number of likely N-dealkylation sites (N-methyl/N-ethyl adjacent to an activating group) is 1. The van der Waals surface area contributed by atoms with Crippen LogP contribution in [0.1, 0.15) is 53.4 Å². The highest BCUT2D eigenvalue weighted by Crippen LogP contribution is 2.24. The normalized spacial score (nSPS) is 24.2. The summed E-state index contributed by atoms with van der Waals surface area (Å²) < 4.78 is 0. The van der Waals surface area contributed by atoms with E-state index in [0.29, 0.717) is 6.04 Å². The molecule has 16 heavy (non-hydrogen) atoms. The highest BCUT2D eigenvalue weighted by molar-refractivity contribution is 4.84. The minimum Gasteiger partial charge on any atom is -0.313 e. The molecule has 0 radical (unpaired) electrons. The Labute approximate surface area is 102 Å². The first-order valence-corrected chi connectivity index (χ1v) is 7.16. The van der Waals surface area contributed by atoms with Crippen molar-refractivity contribution in [1.82, 2.24) is 10.2 Å². The lowest BCUT2D eigenvalue weighted by Gasteiger charge is -2.31. The third-order valence-electron chi connectivity index (χ3n) is 3.77. The van der Waals surface area contributed by atoms with Gasteiger partial charge in [0.25, 0.3) is 0 Å². The monoisotopic (exact) mass is 226 g/mol. The Morgan fingerprint density at radius 1 is 1.31 bits per heavy atom. The highest BCUT2D eigenvalue weighted by atomic mass is 15.2. The Balaban J connectivity index is 2.42. The lowest BCUT2D eigenvalue weighted by atomic mass is 10.0. The molecule has 1 aliphatic heterocycles. The van der Waals surface area contributed by atoms with Crippen LogP contribution in [0.15, 0.2) is 0 Å². The fraction of sp³-hybridized carbons (Fsp3) is 1.00. The molecule has 1 aliphatic rings. The predicted octanol–water partition coefficient (Wildman–Crippen LogP) is 2.89. The molecule has 1 heterocycles. The smallest absolute Gasteiger partial charge is 0.0194 e. The van der Waals surface area contributed by atoms with Crippen molar-refractivity contribution in [2.75, 3.05) is 19.6 Å². The van der Waals surface area contributed by atoms with Crippen LogP contribution in [0.3, 0.4) is 0 Å². The molecule has 2 nitrogen and oxygen atoms in total. The van der Waals surface area contributed by atoms with Crippen LogP contribution in [-0.2, 0) is 0 Å². The molecule has 1 fully saturated rings. The molecule has 0 aromatic heterocycles. The molecule has 1 N–H and O–H groups in total. The molecule has 0 aromatic carbocycles. The lowest BCUT2D eigenvalue weighted by molar-refractivity contribution is 0.183. The van der Waals surface area contributed by atoms with E-state index in [1.165, 1.54) is 38.8 Å². The van der Waals surface area contributed by atoms with Gasteiger partial charge in [0.2, 0.25) is 0 Å². The van der Waals surface area contributed by atoms with Crippen LogP contribution >= 0.6 is 0 Å². The number of likely N-dealkylation sites (tertiary alicyclic amines) is 1. The van der Waals surface area contributed by atoms with Crippen LogP contribution in [0.25, 0.3) is 0 Å². The summed E-state index contributed by atoms with van der Waals surface area (Å²) in [5.41, 5.74) is 0. The molecule has 1 rings (SSSR count). The van der Waals surface area contributed by atoms with Crippen LogP contribution in [0.5, 0.6) is 0 Å². The number of nitrogens with zero attached hydrogens (tertiary/aromatic N) is 1. The quantitative estimate of drug-likeness (QED) is 0.718. The van der Waals surface area contributed by atoms with Gasteiger partial charge < -0.3 is 5.32 Å². The topological polar surface area (TPSA) is 15.3 Å². The average Bonchev–Trinajstić information content (AvgIpc) is 2.66. The van der Waals surface area contributed by atoms with Crippen molar-refractivity contribution >= 4 is 0 Å². The molecule has 2 heteroatoms. The van der Waals surface area contributed by atoms with E-state index in [1.807, 2.05) is 0 Å². The largest absolute Gasteiger partial charge is 0.313 e. The van der Waals surface area contributed by atoms with Crippen molar-refractivity contribution in [3.05, 3.63) is 0 Å². The minimum absolute atomic E-state index is 0.703. The van der Waals surface area contributed by atoms with E-state index in [2.05, 4.69) is 37.9 Å². The van der Waals surface area contributed by atoms with E-state index in [4.69, 9.17) is 0 Å². The fourth-order valence-electron chi connectivity index (χ4n) is 3.01. The van der Waals surface area contributed by atoms with E-state index in [0.717, 1.165) is 18.5 Å². The molecule has 0 spiro atoms. The second-order valence-corrected chi connectivity index (χ2v) is 5.49. The maximum atomic E-state index is 3.63. The van der Waals surface area contributed by atoms with E-state index in [9.17, 15) is 0 Å². The van der Waals surface area contributed by atoms with Crippen molar-refractivity contribution in [3.8, 4) is 0 Å². The van der Waals surface area contributed by atoms with Crippen LogP contribution in [-0.4, -0.2) is 36.6 Å². The first-order chi connectivity index (χ1) is 7.69. The molecule has 0 aliphatic carbocycles. The summed E-state index contributed by atoms with van der Waals surface area (Å²) >= 11 is 0. The molecule has 0 aromatic rings. The van der Waals surface area contributed by atoms with Gasteiger partial charge >= 0.3 is 0 Å². The number of rotatable bonds is 7. The molecular formula is C14H30N2. The van der Waals surface area contributed by atoms with Crippen molar-refractivity contribution in [3.63, 3.8) is 0 Å². The molecule has 0 amide bonds. The summed E-state index contributed by atoms with van der Waals surface area (Å²) in [6, 6.07) is 1.53. The van der Waals surface area contributed by atoms with Crippen molar-refractivity contribution in [1.29, 1.82) is 0 Å². The van der Waals surface area contributed by atoms with Crippen molar-refractivity contribution in [2.45, 2.75) is 65.5 Å².